The van der Waals surface area contributed by atoms with E-state index in [1.54, 1.807) is 36.5 Å². The van der Waals surface area contributed by atoms with Crippen molar-refractivity contribution in [3.05, 3.63) is 48.6 Å². The average molecular weight is 607 g/mol. The van der Waals surface area contributed by atoms with Crippen molar-refractivity contribution in [2.45, 2.75) is 154 Å². The molecule has 0 saturated heterocycles. The molecular weight excluding hydrogens is 544 g/mol. The second-order valence-electron chi connectivity index (χ2n) is 11.3. The van der Waals surface area contributed by atoms with Crippen molar-refractivity contribution < 1.29 is 34.4 Å². The Hall–Kier alpha value is -2.22. The smallest absolute Gasteiger partial charge is 0.305 e. The third-order valence-electron chi connectivity index (χ3n) is 7.01. The minimum absolute atomic E-state index is 0.125. The van der Waals surface area contributed by atoms with E-state index in [0.29, 0.717) is 25.7 Å². The summed E-state index contributed by atoms with van der Waals surface area (Å²) in [7, 11) is 0. The molecule has 0 saturated carbocycles. The molecule has 0 aromatic heterocycles. The SMILES string of the molecule is CCCCC/C=C\C[C@@H](O)/C=C/C=C/C=C\[C@@H](O)CCCC(=O)OC[C@H](O)COC(=O)CCCCCCCCCCCC. The fourth-order valence-corrected chi connectivity index (χ4v) is 4.34. The number of hydrogen-bond donors (Lipinski definition) is 3. The number of unbranched alkanes of at least 4 members (excludes halogenated alkanes) is 12. The van der Waals surface area contributed by atoms with Crippen molar-refractivity contribution in [1.29, 1.82) is 0 Å². The van der Waals surface area contributed by atoms with Crippen LogP contribution in [0.5, 0.6) is 0 Å². The third-order valence-corrected chi connectivity index (χ3v) is 7.01. The average Bonchev–Trinajstić information content (AvgIpc) is 2.99. The summed E-state index contributed by atoms with van der Waals surface area (Å²) in [6.45, 7) is 3.99. The third kappa shape index (κ3) is 31.0. The lowest BCUT2D eigenvalue weighted by molar-refractivity contribution is -0.152. The van der Waals surface area contributed by atoms with Crippen LogP contribution in [0.4, 0.5) is 0 Å². The summed E-state index contributed by atoms with van der Waals surface area (Å²) >= 11 is 0. The second kappa shape index (κ2) is 31.2. The Morgan fingerprint density at radius 1 is 0.581 bits per heavy atom. The highest BCUT2D eigenvalue weighted by atomic mass is 16.6. The number of carbonyl (C=O) groups excluding carboxylic acids is 2. The lowest BCUT2D eigenvalue weighted by Crippen LogP contribution is -2.25. The number of hydrogen-bond acceptors (Lipinski definition) is 7. The number of rotatable bonds is 29. The Bertz CT molecular complexity index is 772. The van der Waals surface area contributed by atoms with Crippen molar-refractivity contribution in [2.24, 2.45) is 0 Å². The van der Waals surface area contributed by atoms with Crippen molar-refractivity contribution in [2.75, 3.05) is 13.2 Å². The first-order valence-corrected chi connectivity index (χ1v) is 16.9. The molecule has 0 amide bonds. The van der Waals surface area contributed by atoms with Crippen LogP contribution in [0.25, 0.3) is 0 Å². The minimum Gasteiger partial charge on any atom is -0.463 e. The summed E-state index contributed by atoms with van der Waals surface area (Å²) in [5, 5.41) is 29.9. The molecule has 7 heteroatoms. The Morgan fingerprint density at radius 2 is 1.07 bits per heavy atom. The van der Waals surface area contributed by atoms with Crippen molar-refractivity contribution in [3.8, 4) is 0 Å². The van der Waals surface area contributed by atoms with Crippen molar-refractivity contribution in [1.82, 2.24) is 0 Å². The molecule has 3 atom stereocenters. The van der Waals surface area contributed by atoms with Crippen molar-refractivity contribution >= 4 is 11.9 Å². The van der Waals surface area contributed by atoms with Gasteiger partial charge in [0, 0.05) is 12.8 Å². The summed E-state index contributed by atoms with van der Waals surface area (Å²) in [4.78, 5) is 23.8. The number of ether oxygens (including phenoxy) is 2. The number of allylic oxidation sites excluding steroid dienone is 5. The molecule has 0 aromatic rings. The molecule has 0 spiro atoms. The fraction of sp³-hybridized carbons (Fsp3) is 0.722. The van der Waals surface area contributed by atoms with Gasteiger partial charge in [0.1, 0.15) is 19.3 Å². The van der Waals surface area contributed by atoms with Gasteiger partial charge in [-0.15, -0.1) is 0 Å². The molecule has 0 bridgehead atoms. The highest BCUT2D eigenvalue weighted by molar-refractivity contribution is 5.69. The maximum absolute atomic E-state index is 11.9. The molecule has 0 unspecified atom stereocenters. The van der Waals surface area contributed by atoms with Crippen LogP contribution in [-0.2, 0) is 19.1 Å². The van der Waals surface area contributed by atoms with E-state index in [1.165, 1.54) is 64.2 Å². The van der Waals surface area contributed by atoms with Gasteiger partial charge in [-0.05, 0) is 38.5 Å². The molecule has 0 radical (unpaired) electrons. The van der Waals surface area contributed by atoms with E-state index in [4.69, 9.17) is 9.47 Å². The van der Waals surface area contributed by atoms with Crippen LogP contribution >= 0.6 is 0 Å². The predicted molar refractivity (Wildman–Crippen MR) is 176 cm³/mol. The first-order chi connectivity index (χ1) is 20.9. The predicted octanol–water partition coefficient (Wildman–Crippen LogP) is 7.83. The lowest BCUT2D eigenvalue weighted by atomic mass is 10.1. The summed E-state index contributed by atoms with van der Waals surface area (Å²) in [5.74, 6) is -0.803. The topological polar surface area (TPSA) is 113 Å². The van der Waals surface area contributed by atoms with E-state index in [9.17, 15) is 24.9 Å². The Labute approximate surface area is 262 Å². The molecule has 0 rings (SSSR count). The van der Waals surface area contributed by atoms with Gasteiger partial charge >= 0.3 is 11.9 Å². The first kappa shape index (κ1) is 40.8. The van der Waals surface area contributed by atoms with Gasteiger partial charge in [0.25, 0.3) is 0 Å². The van der Waals surface area contributed by atoms with Gasteiger partial charge in [-0.3, -0.25) is 9.59 Å². The van der Waals surface area contributed by atoms with Crippen LogP contribution in [0.15, 0.2) is 48.6 Å². The first-order valence-electron chi connectivity index (χ1n) is 16.9. The van der Waals surface area contributed by atoms with E-state index in [1.807, 2.05) is 6.08 Å². The Morgan fingerprint density at radius 3 is 1.65 bits per heavy atom. The summed E-state index contributed by atoms with van der Waals surface area (Å²) in [6, 6.07) is 0. The van der Waals surface area contributed by atoms with Gasteiger partial charge in [-0.1, -0.05) is 133 Å². The van der Waals surface area contributed by atoms with E-state index in [2.05, 4.69) is 19.9 Å². The van der Waals surface area contributed by atoms with E-state index in [-0.39, 0.29) is 25.6 Å². The van der Waals surface area contributed by atoms with E-state index in [0.717, 1.165) is 25.7 Å². The number of aliphatic hydroxyl groups excluding tert-OH is 3. The van der Waals surface area contributed by atoms with Crippen LogP contribution in [0.3, 0.4) is 0 Å². The monoisotopic (exact) mass is 606 g/mol. The minimum atomic E-state index is -1.05. The molecular formula is C36H62O7. The molecule has 7 nitrogen and oxygen atoms in total. The summed E-state index contributed by atoms with van der Waals surface area (Å²) < 4.78 is 10.1. The molecule has 43 heavy (non-hydrogen) atoms. The molecule has 3 N–H and O–H groups in total. The molecule has 0 aromatic carbocycles. The molecule has 248 valence electrons. The van der Waals surface area contributed by atoms with E-state index < -0.39 is 24.3 Å². The summed E-state index contributed by atoms with van der Waals surface area (Å²) in [6.07, 6.45) is 30.8. The molecule has 0 aliphatic rings. The van der Waals surface area contributed by atoms with Gasteiger partial charge in [0.15, 0.2) is 0 Å². The number of aliphatic hydroxyl groups is 3. The number of esters is 2. The van der Waals surface area contributed by atoms with Gasteiger partial charge < -0.3 is 24.8 Å². The van der Waals surface area contributed by atoms with Gasteiger partial charge in [-0.2, -0.15) is 0 Å². The van der Waals surface area contributed by atoms with Crippen LogP contribution in [0.1, 0.15) is 136 Å². The maximum Gasteiger partial charge on any atom is 0.305 e. The van der Waals surface area contributed by atoms with Crippen LogP contribution in [0, 0.1) is 0 Å². The van der Waals surface area contributed by atoms with Gasteiger partial charge in [-0.25, -0.2) is 0 Å². The Kier molecular flexibility index (Phi) is 29.6. The maximum atomic E-state index is 11.9. The van der Waals surface area contributed by atoms with Gasteiger partial charge in [0.2, 0.25) is 0 Å². The molecule has 0 aliphatic carbocycles. The zero-order chi connectivity index (χ0) is 31.8. The standard InChI is InChI=1S/C36H62O7/c1-3-5-7-9-11-12-13-14-16-22-28-35(40)42-30-34(39)31-43-36(41)29-23-27-33(38)26-21-18-17-20-25-32(37)24-19-15-10-8-6-4-2/h15,17-21,25-26,32-34,37-39H,3-14,16,22-24,27-31H2,1-2H3/b18-17+,19-15-,25-20+,26-21-/t32-,33-,34-/m1/s1. The fourth-order valence-electron chi connectivity index (χ4n) is 4.34. The van der Waals surface area contributed by atoms with Gasteiger partial charge in [0.05, 0.1) is 12.2 Å². The molecule has 0 fully saturated rings. The highest BCUT2D eigenvalue weighted by Crippen LogP contribution is 2.12. The Balaban J connectivity index is 3.79. The highest BCUT2D eigenvalue weighted by Gasteiger charge is 2.12. The zero-order valence-electron chi connectivity index (χ0n) is 27.2. The lowest BCUT2D eigenvalue weighted by Gasteiger charge is -2.12. The van der Waals surface area contributed by atoms with E-state index >= 15 is 0 Å². The second-order valence-corrected chi connectivity index (χ2v) is 11.3. The summed E-state index contributed by atoms with van der Waals surface area (Å²) in [5.41, 5.74) is 0. The van der Waals surface area contributed by atoms with Crippen LogP contribution in [-0.4, -0.2) is 58.8 Å². The quantitative estimate of drug-likeness (QED) is 0.0344. The molecule has 0 heterocycles. The van der Waals surface area contributed by atoms with Crippen LogP contribution in [0.2, 0.25) is 0 Å². The zero-order valence-corrected chi connectivity index (χ0v) is 27.2. The van der Waals surface area contributed by atoms with Crippen LogP contribution < -0.4 is 0 Å². The number of carbonyl (C=O) groups is 2. The van der Waals surface area contributed by atoms with Crippen molar-refractivity contribution in [3.63, 3.8) is 0 Å². The molecule has 0 aliphatic heterocycles. The largest absolute Gasteiger partial charge is 0.463 e. The normalized spacial score (nSPS) is 14.3.